The highest BCUT2D eigenvalue weighted by atomic mass is 16.5. The fourth-order valence-corrected chi connectivity index (χ4v) is 2.70. The van der Waals surface area contributed by atoms with Gasteiger partial charge in [-0.15, -0.1) is 10.2 Å². The number of hydrogen-bond acceptors (Lipinski definition) is 6. The van der Waals surface area contributed by atoms with Crippen LogP contribution < -0.4 is 10.5 Å². The van der Waals surface area contributed by atoms with Gasteiger partial charge in [0.2, 0.25) is 11.7 Å². The van der Waals surface area contributed by atoms with Crippen molar-refractivity contribution < 1.29 is 14.6 Å². The number of rotatable bonds is 7. The van der Waals surface area contributed by atoms with Crippen molar-refractivity contribution in [2.45, 2.75) is 38.8 Å². The highest BCUT2D eigenvalue weighted by Crippen LogP contribution is 2.24. The minimum Gasteiger partial charge on any atom is -0.491 e. The molecule has 0 saturated heterocycles. The lowest BCUT2D eigenvalue weighted by molar-refractivity contribution is 0.0849. The van der Waals surface area contributed by atoms with E-state index in [0.717, 1.165) is 0 Å². The third-order valence-electron chi connectivity index (χ3n) is 4.42. The van der Waals surface area contributed by atoms with Crippen LogP contribution in [0.5, 0.6) is 5.75 Å². The molecule has 0 radical (unpaired) electrons. The van der Waals surface area contributed by atoms with Crippen LogP contribution in [0.1, 0.15) is 36.7 Å². The van der Waals surface area contributed by atoms with Crippen LogP contribution >= 0.6 is 0 Å². The summed E-state index contributed by atoms with van der Waals surface area (Å²) in [6, 6.07) is 14.4. The van der Waals surface area contributed by atoms with Gasteiger partial charge in [0.15, 0.2) is 0 Å². The topological polar surface area (TPSA) is 116 Å². The van der Waals surface area contributed by atoms with Crippen LogP contribution in [0.15, 0.2) is 48.5 Å². The van der Waals surface area contributed by atoms with E-state index in [1.54, 1.807) is 24.3 Å². The highest BCUT2D eigenvalue weighted by molar-refractivity contribution is 5.93. The number of amides is 1. The molecule has 152 valence electrons. The zero-order valence-electron chi connectivity index (χ0n) is 16.7. The summed E-state index contributed by atoms with van der Waals surface area (Å²) in [5.74, 6) is 0.593. The minimum atomic E-state index is -0.795. The summed E-state index contributed by atoms with van der Waals surface area (Å²) in [7, 11) is 0. The van der Waals surface area contributed by atoms with E-state index >= 15 is 0 Å². The first kappa shape index (κ1) is 20.5. The second-order valence-electron chi connectivity index (χ2n) is 7.85. The van der Waals surface area contributed by atoms with Crippen molar-refractivity contribution in [3.63, 3.8) is 0 Å². The van der Waals surface area contributed by atoms with E-state index < -0.39 is 12.0 Å². The maximum atomic E-state index is 11.1. The van der Waals surface area contributed by atoms with Crippen molar-refractivity contribution in [2.75, 3.05) is 6.61 Å². The number of aliphatic hydroxyl groups is 1. The van der Waals surface area contributed by atoms with Gasteiger partial charge in [-0.3, -0.25) is 4.79 Å². The maximum absolute atomic E-state index is 11.1. The molecule has 3 N–H and O–H groups in total. The molecule has 0 fully saturated rings. The van der Waals surface area contributed by atoms with E-state index in [1.165, 1.54) is 10.4 Å². The van der Waals surface area contributed by atoms with E-state index in [2.05, 4.69) is 36.2 Å². The number of ether oxygens (including phenoxy) is 1. The Hall–Kier alpha value is -3.26. The van der Waals surface area contributed by atoms with Crippen LogP contribution in [0.3, 0.4) is 0 Å². The summed E-state index contributed by atoms with van der Waals surface area (Å²) in [6.45, 7) is 6.71. The van der Waals surface area contributed by atoms with Crippen LogP contribution in [-0.2, 0) is 12.0 Å². The Bertz CT molecular complexity index is 959. The average molecular weight is 395 g/mol. The number of aromatic nitrogens is 4. The van der Waals surface area contributed by atoms with E-state index in [4.69, 9.17) is 10.5 Å². The number of benzene rings is 2. The summed E-state index contributed by atoms with van der Waals surface area (Å²) in [4.78, 5) is 12.4. The Morgan fingerprint density at radius 2 is 1.79 bits per heavy atom. The molecule has 0 aliphatic heterocycles. The standard InChI is InChI=1S/C21H25N5O3/c1-21(2,3)16-8-10-18(11-9-16)29-13-17(27)12-26-24-20(23-25-26)15-6-4-14(5-7-15)19(22)28/h4-11,17,27H,12-13H2,1-3H3,(H2,22,28)/t17-/m0/s1. The molecule has 0 spiro atoms. The number of nitrogens with two attached hydrogens (primary N) is 1. The molecule has 0 aliphatic carbocycles. The van der Waals surface area contributed by atoms with Crippen molar-refractivity contribution in [1.29, 1.82) is 0 Å². The molecule has 2 aromatic carbocycles. The predicted octanol–water partition coefficient (Wildman–Crippen LogP) is 2.18. The lowest BCUT2D eigenvalue weighted by Gasteiger charge is -2.19. The first-order chi connectivity index (χ1) is 13.7. The molecule has 1 heterocycles. The van der Waals surface area contributed by atoms with Crippen LogP contribution in [0.2, 0.25) is 0 Å². The van der Waals surface area contributed by atoms with Gasteiger partial charge < -0.3 is 15.6 Å². The number of nitrogens with zero attached hydrogens (tertiary/aromatic N) is 4. The zero-order chi connectivity index (χ0) is 21.0. The van der Waals surface area contributed by atoms with Crippen molar-refractivity contribution in [2.24, 2.45) is 5.73 Å². The molecule has 0 unspecified atom stereocenters. The average Bonchev–Trinajstić information content (AvgIpc) is 3.14. The fourth-order valence-electron chi connectivity index (χ4n) is 2.70. The summed E-state index contributed by atoms with van der Waals surface area (Å²) in [6.07, 6.45) is -0.795. The van der Waals surface area contributed by atoms with Gasteiger partial charge in [0, 0.05) is 11.1 Å². The van der Waals surface area contributed by atoms with Crippen molar-refractivity contribution in [3.05, 3.63) is 59.7 Å². The molecule has 0 saturated carbocycles. The molecule has 1 atom stereocenters. The Balaban J connectivity index is 1.55. The van der Waals surface area contributed by atoms with E-state index in [1.807, 2.05) is 24.3 Å². The number of primary amides is 1. The molecule has 29 heavy (non-hydrogen) atoms. The molecular weight excluding hydrogens is 370 g/mol. The molecule has 0 aliphatic rings. The largest absolute Gasteiger partial charge is 0.491 e. The Labute approximate surface area is 169 Å². The Morgan fingerprint density at radius 3 is 2.38 bits per heavy atom. The first-order valence-electron chi connectivity index (χ1n) is 9.32. The van der Waals surface area contributed by atoms with Crippen molar-refractivity contribution >= 4 is 5.91 Å². The smallest absolute Gasteiger partial charge is 0.248 e. The zero-order valence-corrected chi connectivity index (χ0v) is 16.7. The number of carbonyl (C=O) groups excluding carboxylic acids is 1. The van der Waals surface area contributed by atoms with E-state index in [-0.39, 0.29) is 18.6 Å². The number of carbonyl (C=O) groups is 1. The van der Waals surface area contributed by atoms with Gasteiger partial charge in [0.25, 0.3) is 0 Å². The lowest BCUT2D eigenvalue weighted by atomic mass is 9.87. The van der Waals surface area contributed by atoms with Gasteiger partial charge in [-0.2, -0.15) is 4.80 Å². The Kier molecular flexibility index (Phi) is 5.93. The quantitative estimate of drug-likeness (QED) is 0.633. The van der Waals surface area contributed by atoms with Gasteiger partial charge >= 0.3 is 0 Å². The van der Waals surface area contributed by atoms with Crippen LogP contribution in [0.4, 0.5) is 0 Å². The van der Waals surface area contributed by atoms with E-state index in [0.29, 0.717) is 22.7 Å². The predicted molar refractivity (Wildman–Crippen MR) is 108 cm³/mol. The number of aliphatic hydroxyl groups excluding tert-OH is 1. The van der Waals surface area contributed by atoms with Crippen molar-refractivity contribution in [3.8, 4) is 17.1 Å². The van der Waals surface area contributed by atoms with Gasteiger partial charge in [-0.05, 0) is 40.5 Å². The van der Waals surface area contributed by atoms with E-state index in [9.17, 15) is 9.90 Å². The molecule has 3 rings (SSSR count). The van der Waals surface area contributed by atoms with Crippen molar-refractivity contribution in [1.82, 2.24) is 20.2 Å². The van der Waals surface area contributed by atoms with Crippen LogP contribution in [0, 0.1) is 0 Å². The normalized spacial score (nSPS) is 12.6. The maximum Gasteiger partial charge on any atom is 0.248 e. The lowest BCUT2D eigenvalue weighted by Crippen LogP contribution is -2.25. The number of hydrogen-bond donors (Lipinski definition) is 2. The monoisotopic (exact) mass is 395 g/mol. The summed E-state index contributed by atoms with van der Waals surface area (Å²) in [5.41, 5.74) is 7.63. The van der Waals surface area contributed by atoms with Gasteiger partial charge in [-0.25, -0.2) is 0 Å². The second kappa shape index (κ2) is 8.40. The molecule has 8 nitrogen and oxygen atoms in total. The molecule has 1 amide bonds. The van der Waals surface area contributed by atoms with Gasteiger partial charge in [0.05, 0.1) is 6.54 Å². The highest BCUT2D eigenvalue weighted by Gasteiger charge is 2.14. The first-order valence-corrected chi connectivity index (χ1v) is 9.32. The molecular formula is C21H25N5O3. The van der Waals surface area contributed by atoms with Crippen LogP contribution in [-0.4, -0.2) is 43.9 Å². The minimum absolute atomic E-state index is 0.0781. The fraction of sp³-hybridized carbons (Fsp3) is 0.333. The number of tetrazole rings is 1. The van der Waals surface area contributed by atoms with Gasteiger partial charge in [-0.1, -0.05) is 45.0 Å². The Morgan fingerprint density at radius 1 is 1.14 bits per heavy atom. The molecule has 3 aromatic rings. The summed E-state index contributed by atoms with van der Waals surface area (Å²) >= 11 is 0. The second-order valence-corrected chi connectivity index (χ2v) is 7.85. The third-order valence-corrected chi connectivity index (χ3v) is 4.42. The SMILES string of the molecule is CC(C)(C)c1ccc(OC[C@@H](O)Cn2nnc(-c3ccc(C(N)=O)cc3)n2)cc1. The molecule has 0 bridgehead atoms. The van der Waals surface area contributed by atoms with Gasteiger partial charge in [0.1, 0.15) is 18.5 Å². The molecule has 1 aromatic heterocycles. The summed E-state index contributed by atoms with van der Waals surface area (Å²) in [5, 5.41) is 22.4. The summed E-state index contributed by atoms with van der Waals surface area (Å²) < 4.78 is 5.65. The third kappa shape index (κ3) is 5.39. The molecule has 8 heteroatoms. The van der Waals surface area contributed by atoms with Crippen LogP contribution in [0.25, 0.3) is 11.4 Å².